The summed E-state index contributed by atoms with van der Waals surface area (Å²) in [5, 5.41) is 10.6. The van der Waals surface area contributed by atoms with Gasteiger partial charge in [-0.2, -0.15) is 0 Å². The molecule has 0 unspecified atom stereocenters. The maximum Gasteiger partial charge on any atom is 0.129 e. The van der Waals surface area contributed by atoms with Crippen LogP contribution in [0.3, 0.4) is 0 Å². The van der Waals surface area contributed by atoms with E-state index >= 15 is 0 Å². The van der Waals surface area contributed by atoms with Gasteiger partial charge in [-0.25, -0.2) is 4.98 Å². The van der Waals surface area contributed by atoms with Crippen molar-refractivity contribution in [3.8, 4) is 0 Å². The fourth-order valence-electron chi connectivity index (χ4n) is 1.63. The highest BCUT2D eigenvalue weighted by Crippen LogP contribution is 2.24. The summed E-state index contributed by atoms with van der Waals surface area (Å²) in [5.74, 6) is 0. The van der Waals surface area contributed by atoms with Crippen molar-refractivity contribution < 1.29 is 5.11 Å². The summed E-state index contributed by atoms with van der Waals surface area (Å²) in [7, 11) is 0. The molecule has 1 N–H and O–H groups in total. The number of halogens is 1. The zero-order chi connectivity index (χ0) is 11.5. The van der Waals surface area contributed by atoms with Crippen molar-refractivity contribution in [2.75, 3.05) is 0 Å². The van der Waals surface area contributed by atoms with Crippen molar-refractivity contribution in [2.45, 2.75) is 13.0 Å². The van der Waals surface area contributed by atoms with E-state index in [0.29, 0.717) is 5.15 Å². The lowest BCUT2D eigenvalue weighted by Gasteiger charge is -2.13. The Morgan fingerprint density at radius 3 is 2.56 bits per heavy atom. The second-order valence-corrected chi connectivity index (χ2v) is 4.06. The minimum Gasteiger partial charge on any atom is -0.384 e. The third-order valence-electron chi connectivity index (χ3n) is 2.53. The van der Waals surface area contributed by atoms with Gasteiger partial charge < -0.3 is 5.11 Å². The van der Waals surface area contributed by atoms with Crippen LogP contribution < -0.4 is 0 Å². The van der Waals surface area contributed by atoms with Gasteiger partial charge in [0.15, 0.2) is 0 Å². The van der Waals surface area contributed by atoms with Crippen molar-refractivity contribution in [1.29, 1.82) is 0 Å². The molecule has 2 aromatic rings. The number of benzene rings is 1. The molecule has 0 spiro atoms. The normalized spacial score (nSPS) is 12.4. The van der Waals surface area contributed by atoms with Gasteiger partial charge in [-0.15, -0.1) is 0 Å². The Labute approximate surface area is 99.5 Å². The van der Waals surface area contributed by atoms with Crippen LogP contribution >= 0.6 is 11.6 Å². The first-order valence-electron chi connectivity index (χ1n) is 5.03. The van der Waals surface area contributed by atoms with Gasteiger partial charge >= 0.3 is 0 Å². The molecule has 0 aliphatic rings. The van der Waals surface area contributed by atoms with Crippen molar-refractivity contribution in [3.63, 3.8) is 0 Å². The molecule has 2 rings (SSSR count). The zero-order valence-corrected chi connectivity index (χ0v) is 9.65. The minimum atomic E-state index is -0.647. The van der Waals surface area contributed by atoms with E-state index in [1.54, 1.807) is 12.3 Å². The zero-order valence-electron chi connectivity index (χ0n) is 8.89. The fourth-order valence-corrected chi connectivity index (χ4v) is 1.85. The Balaban J connectivity index is 2.38. The van der Waals surface area contributed by atoms with Crippen LogP contribution in [0.25, 0.3) is 0 Å². The van der Waals surface area contributed by atoms with Crippen molar-refractivity contribution >= 4 is 11.6 Å². The molecule has 0 amide bonds. The first-order valence-corrected chi connectivity index (χ1v) is 5.41. The molecule has 1 aromatic carbocycles. The van der Waals surface area contributed by atoms with E-state index in [1.165, 1.54) is 0 Å². The van der Waals surface area contributed by atoms with Gasteiger partial charge in [0.1, 0.15) is 11.3 Å². The van der Waals surface area contributed by atoms with Crippen LogP contribution in [0.2, 0.25) is 5.15 Å². The molecular weight excluding hydrogens is 222 g/mol. The van der Waals surface area contributed by atoms with E-state index in [2.05, 4.69) is 4.98 Å². The maximum atomic E-state index is 10.2. The van der Waals surface area contributed by atoms with E-state index in [0.717, 1.165) is 16.7 Å². The molecule has 0 aliphatic carbocycles. The van der Waals surface area contributed by atoms with Gasteiger partial charge in [-0.1, -0.05) is 41.9 Å². The molecule has 0 bridgehead atoms. The minimum absolute atomic E-state index is 0.446. The summed E-state index contributed by atoms with van der Waals surface area (Å²) in [6.07, 6.45) is 0.973. The van der Waals surface area contributed by atoms with Gasteiger partial charge in [-0.05, 0) is 24.1 Å². The number of rotatable bonds is 2. The summed E-state index contributed by atoms with van der Waals surface area (Å²) in [6, 6.07) is 11.2. The third-order valence-corrected chi connectivity index (χ3v) is 2.73. The topological polar surface area (TPSA) is 33.1 Å². The van der Waals surface area contributed by atoms with Gasteiger partial charge in [0.25, 0.3) is 0 Å². The number of aryl methyl sites for hydroxylation is 1. The molecule has 0 aliphatic heterocycles. The number of pyridine rings is 1. The quantitative estimate of drug-likeness (QED) is 0.809. The Morgan fingerprint density at radius 1 is 1.25 bits per heavy atom. The molecule has 0 fully saturated rings. The van der Waals surface area contributed by atoms with E-state index in [9.17, 15) is 5.11 Å². The molecule has 2 nitrogen and oxygen atoms in total. The van der Waals surface area contributed by atoms with Crippen molar-refractivity contribution in [3.05, 3.63) is 64.4 Å². The Hall–Kier alpha value is -1.38. The van der Waals surface area contributed by atoms with Crippen LogP contribution in [0.15, 0.2) is 42.6 Å². The molecule has 0 saturated heterocycles. The van der Waals surface area contributed by atoms with Crippen LogP contribution in [0, 0.1) is 6.92 Å². The van der Waals surface area contributed by atoms with Crippen LogP contribution in [0.1, 0.15) is 22.8 Å². The van der Waals surface area contributed by atoms with Crippen LogP contribution in [0.5, 0.6) is 0 Å². The maximum absolute atomic E-state index is 10.2. The summed E-state index contributed by atoms with van der Waals surface area (Å²) < 4.78 is 0. The summed E-state index contributed by atoms with van der Waals surface area (Å²) >= 11 is 5.77. The monoisotopic (exact) mass is 233 g/mol. The average molecular weight is 234 g/mol. The lowest BCUT2D eigenvalue weighted by Crippen LogP contribution is -2.02. The Kier molecular flexibility index (Phi) is 3.22. The van der Waals surface area contributed by atoms with E-state index in [1.807, 2.05) is 37.3 Å². The second-order valence-electron chi connectivity index (χ2n) is 3.68. The smallest absolute Gasteiger partial charge is 0.129 e. The molecule has 1 atom stereocenters. The van der Waals surface area contributed by atoms with Crippen LogP contribution in [-0.2, 0) is 0 Å². The van der Waals surface area contributed by atoms with Crippen molar-refractivity contribution in [2.24, 2.45) is 0 Å². The first-order chi connectivity index (χ1) is 7.68. The molecule has 0 saturated carbocycles. The highest BCUT2D eigenvalue weighted by atomic mass is 35.5. The van der Waals surface area contributed by atoms with Gasteiger partial charge in [0.05, 0.1) is 0 Å². The van der Waals surface area contributed by atoms with E-state index in [-0.39, 0.29) is 0 Å². The molecule has 0 radical (unpaired) electrons. The third kappa shape index (κ3) is 2.23. The number of hydrogen-bond acceptors (Lipinski definition) is 2. The molecule has 82 valence electrons. The fraction of sp³-hybridized carbons (Fsp3) is 0.154. The number of nitrogens with zero attached hydrogens (tertiary/aromatic N) is 1. The Morgan fingerprint density at radius 2 is 1.94 bits per heavy atom. The van der Waals surface area contributed by atoms with Crippen LogP contribution in [-0.4, -0.2) is 10.1 Å². The predicted molar refractivity (Wildman–Crippen MR) is 64.5 cm³/mol. The van der Waals surface area contributed by atoms with Crippen molar-refractivity contribution in [1.82, 2.24) is 4.98 Å². The number of hydrogen-bond donors (Lipinski definition) is 1. The summed E-state index contributed by atoms with van der Waals surface area (Å²) in [5.41, 5.74) is 2.58. The van der Waals surface area contributed by atoms with E-state index < -0.39 is 6.10 Å². The molecule has 16 heavy (non-hydrogen) atoms. The van der Waals surface area contributed by atoms with Crippen LogP contribution in [0.4, 0.5) is 0 Å². The van der Waals surface area contributed by atoms with Gasteiger partial charge in [0.2, 0.25) is 0 Å². The largest absolute Gasteiger partial charge is 0.384 e. The predicted octanol–water partition coefficient (Wildman–Crippen LogP) is 3.13. The molecule has 1 aromatic heterocycles. The number of aliphatic hydroxyl groups excluding tert-OH is 1. The van der Waals surface area contributed by atoms with Gasteiger partial charge in [0, 0.05) is 11.8 Å². The SMILES string of the molecule is Cc1cc(Cl)ncc1[C@@H](O)c1ccccc1. The molecule has 1 heterocycles. The standard InChI is InChI=1S/C13H12ClNO/c1-9-7-12(14)15-8-11(9)13(16)10-5-3-2-4-6-10/h2-8,13,16H,1H3/t13-/m0/s1. The first kappa shape index (κ1) is 11.1. The molecule has 3 heteroatoms. The molecular formula is C13H12ClNO. The highest BCUT2D eigenvalue weighted by Gasteiger charge is 2.12. The summed E-state index contributed by atoms with van der Waals surface area (Å²) in [4.78, 5) is 3.99. The average Bonchev–Trinajstić information content (AvgIpc) is 2.29. The van der Waals surface area contributed by atoms with E-state index in [4.69, 9.17) is 11.6 Å². The lowest BCUT2D eigenvalue weighted by atomic mass is 10.00. The lowest BCUT2D eigenvalue weighted by molar-refractivity contribution is 0.219. The van der Waals surface area contributed by atoms with Gasteiger partial charge in [-0.3, -0.25) is 0 Å². The number of aliphatic hydroxyl groups is 1. The Bertz CT molecular complexity index is 485. The summed E-state index contributed by atoms with van der Waals surface area (Å²) in [6.45, 7) is 1.91. The number of aromatic nitrogens is 1. The second kappa shape index (κ2) is 4.64. The highest BCUT2D eigenvalue weighted by molar-refractivity contribution is 6.29.